The van der Waals surface area contributed by atoms with Crippen LogP contribution in [0.1, 0.15) is 10.6 Å². The minimum atomic E-state index is 0.807. The Labute approximate surface area is 126 Å². The van der Waals surface area contributed by atoms with E-state index in [9.17, 15) is 0 Å². The summed E-state index contributed by atoms with van der Waals surface area (Å²) in [6, 6.07) is 14.8. The fraction of sp³-hybridized carbons (Fsp3) is 0.118. The predicted octanol–water partition coefficient (Wildman–Crippen LogP) is 4.70. The zero-order valence-corrected chi connectivity index (χ0v) is 12.5. The topological polar surface area (TPSA) is 40.7 Å². The van der Waals surface area contributed by atoms with Gasteiger partial charge >= 0.3 is 0 Å². The van der Waals surface area contributed by atoms with Gasteiger partial charge in [-0.05, 0) is 42.1 Å². The first-order chi connectivity index (χ1) is 10.3. The molecular weight excluding hydrogens is 278 g/mol. The Morgan fingerprint density at radius 2 is 2.14 bits per heavy atom. The molecule has 0 saturated carbocycles. The van der Waals surface area contributed by atoms with E-state index in [-0.39, 0.29) is 0 Å². The number of aromatic nitrogens is 2. The molecule has 2 heterocycles. The largest absolute Gasteiger partial charge is 0.381 e. The summed E-state index contributed by atoms with van der Waals surface area (Å²) in [6.07, 6.45) is 1.99. The molecule has 0 saturated heterocycles. The van der Waals surface area contributed by atoms with E-state index in [2.05, 4.69) is 57.7 Å². The van der Waals surface area contributed by atoms with Gasteiger partial charge < -0.3 is 10.3 Å². The average molecular weight is 293 g/mol. The van der Waals surface area contributed by atoms with Crippen molar-refractivity contribution in [2.45, 2.75) is 13.5 Å². The molecule has 0 spiro atoms. The molecule has 21 heavy (non-hydrogen) atoms. The van der Waals surface area contributed by atoms with Gasteiger partial charge in [0.05, 0.1) is 20.7 Å². The highest BCUT2D eigenvalue weighted by Gasteiger charge is 2.04. The molecule has 2 N–H and O–H groups in total. The SMILES string of the molecule is Cc1nc2ccc(NCc3cccc4cc[nH]c34)cc2s1. The number of benzene rings is 2. The monoisotopic (exact) mass is 293 g/mol. The molecule has 0 aliphatic carbocycles. The third-order valence-corrected chi connectivity index (χ3v) is 4.59. The first-order valence-electron chi connectivity index (χ1n) is 6.96. The van der Waals surface area contributed by atoms with Gasteiger partial charge in [0.15, 0.2) is 0 Å². The van der Waals surface area contributed by atoms with Gasteiger partial charge in [-0.1, -0.05) is 18.2 Å². The van der Waals surface area contributed by atoms with E-state index in [1.54, 1.807) is 11.3 Å². The molecule has 2 aromatic heterocycles. The number of hydrogen-bond acceptors (Lipinski definition) is 3. The number of H-pyrrole nitrogens is 1. The highest BCUT2D eigenvalue weighted by Crippen LogP contribution is 2.25. The van der Waals surface area contributed by atoms with E-state index in [1.165, 1.54) is 21.2 Å². The third kappa shape index (κ3) is 2.28. The van der Waals surface area contributed by atoms with Crippen molar-refractivity contribution in [3.8, 4) is 0 Å². The first kappa shape index (κ1) is 12.4. The number of hydrogen-bond donors (Lipinski definition) is 2. The summed E-state index contributed by atoms with van der Waals surface area (Å²) in [5.41, 5.74) is 4.70. The van der Waals surface area contributed by atoms with E-state index in [1.807, 2.05) is 13.1 Å². The van der Waals surface area contributed by atoms with Crippen molar-refractivity contribution in [3.05, 3.63) is 59.2 Å². The molecule has 3 nitrogen and oxygen atoms in total. The average Bonchev–Trinajstić information content (AvgIpc) is 3.09. The molecule has 0 aliphatic heterocycles. The van der Waals surface area contributed by atoms with Gasteiger partial charge in [0, 0.05) is 18.4 Å². The summed E-state index contributed by atoms with van der Waals surface area (Å²) in [4.78, 5) is 7.80. The zero-order valence-electron chi connectivity index (χ0n) is 11.7. The molecule has 0 radical (unpaired) electrons. The smallest absolute Gasteiger partial charge is 0.0907 e. The van der Waals surface area contributed by atoms with Crippen LogP contribution in [0.5, 0.6) is 0 Å². The van der Waals surface area contributed by atoms with Crippen LogP contribution in [0, 0.1) is 6.92 Å². The van der Waals surface area contributed by atoms with E-state index >= 15 is 0 Å². The van der Waals surface area contributed by atoms with E-state index in [4.69, 9.17) is 0 Å². The van der Waals surface area contributed by atoms with Crippen LogP contribution in [-0.2, 0) is 6.54 Å². The summed E-state index contributed by atoms with van der Waals surface area (Å²) in [6.45, 7) is 2.85. The lowest BCUT2D eigenvalue weighted by atomic mass is 10.1. The second-order valence-electron chi connectivity index (χ2n) is 5.13. The van der Waals surface area contributed by atoms with Crippen molar-refractivity contribution >= 4 is 38.1 Å². The number of fused-ring (bicyclic) bond motifs is 2. The van der Waals surface area contributed by atoms with Crippen molar-refractivity contribution in [3.63, 3.8) is 0 Å². The van der Waals surface area contributed by atoms with Gasteiger partial charge in [-0.2, -0.15) is 0 Å². The Balaban J connectivity index is 1.61. The van der Waals surface area contributed by atoms with E-state index in [0.717, 1.165) is 22.8 Å². The van der Waals surface area contributed by atoms with Crippen LogP contribution < -0.4 is 5.32 Å². The summed E-state index contributed by atoms with van der Waals surface area (Å²) in [7, 11) is 0. The normalized spacial score (nSPS) is 11.3. The molecular formula is C17H15N3S. The molecule has 104 valence electrons. The Bertz CT molecular complexity index is 920. The standard InChI is InChI=1S/C17H15N3S/c1-11-20-15-6-5-14(9-16(15)21-11)19-10-13-4-2-3-12-7-8-18-17(12)13/h2-9,18-19H,10H2,1H3. The highest BCUT2D eigenvalue weighted by molar-refractivity contribution is 7.18. The maximum Gasteiger partial charge on any atom is 0.0907 e. The summed E-state index contributed by atoms with van der Waals surface area (Å²) in [5, 5.41) is 5.87. The van der Waals surface area contributed by atoms with Crippen molar-refractivity contribution in [1.29, 1.82) is 0 Å². The molecule has 2 aromatic carbocycles. The van der Waals surface area contributed by atoms with Crippen LogP contribution in [0.2, 0.25) is 0 Å². The summed E-state index contributed by atoms with van der Waals surface area (Å²) >= 11 is 1.73. The fourth-order valence-electron chi connectivity index (χ4n) is 2.64. The molecule has 0 atom stereocenters. The second-order valence-corrected chi connectivity index (χ2v) is 6.36. The van der Waals surface area contributed by atoms with Gasteiger partial charge in [0.25, 0.3) is 0 Å². The van der Waals surface area contributed by atoms with E-state index in [0.29, 0.717) is 0 Å². The number of nitrogens with one attached hydrogen (secondary N) is 2. The number of para-hydroxylation sites is 1. The van der Waals surface area contributed by atoms with Crippen LogP contribution >= 0.6 is 11.3 Å². The number of aromatic amines is 1. The van der Waals surface area contributed by atoms with Crippen molar-refractivity contribution in [2.24, 2.45) is 0 Å². The number of anilines is 1. The number of thiazole rings is 1. The Kier molecular flexibility index (Phi) is 2.89. The summed E-state index contributed by atoms with van der Waals surface area (Å²) in [5.74, 6) is 0. The first-order valence-corrected chi connectivity index (χ1v) is 7.77. The molecule has 0 unspecified atom stereocenters. The van der Waals surface area contributed by atoms with Gasteiger partial charge in [-0.3, -0.25) is 0 Å². The van der Waals surface area contributed by atoms with Gasteiger partial charge in [-0.15, -0.1) is 11.3 Å². The minimum Gasteiger partial charge on any atom is -0.381 e. The summed E-state index contributed by atoms with van der Waals surface area (Å²) < 4.78 is 1.23. The molecule has 0 bridgehead atoms. The molecule has 4 aromatic rings. The zero-order chi connectivity index (χ0) is 14.2. The maximum absolute atomic E-state index is 4.49. The van der Waals surface area contributed by atoms with Gasteiger partial charge in [0.1, 0.15) is 0 Å². The van der Waals surface area contributed by atoms with E-state index < -0.39 is 0 Å². The Morgan fingerprint density at radius 1 is 1.19 bits per heavy atom. The van der Waals surface area contributed by atoms with Crippen molar-refractivity contribution < 1.29 is 0 Å². The Morgan fingerprint density at radius 3 is 3.10 bits per heavy atom. The maximum atomic E-state index is 4.49. The van der Waals surface area contributed by atoms with Crippen LogP contribution in [0.25, 0.3) is 21.1 Å². The quantitative estimate of drug-likeness (QED) is 0.575. The highest BCUT2D eigenvalue weighted by atomic mass is 32.1. The molecule has 0 amide bonds. The van der Waals surface area contributed by atoms with Crippen LogP contribution in [0.15, 0.2) is 48.7 Å². The fourth-order valence-corrected chi connectivity index (χ4v) is 3.51. The molecule has 0 fully saturated rings. The number of rotatable bonds is 3. The predicted molar refractivity (Wildman–Crippen MR) is 90.0 cm³/mol. The lowest BCUT2D eigenvalue weighted by molar-refractivity contribution is 1.16. The van der Waals surface area contributed by atoms with Crippen LogP contribution in [0.4, 0.5) is 5.69 Å². The lowest BCUT2D eigenvalue weighted by Crippen LogP contribution is -1.99. The van der Waals surface area contributed by atoms with Crippen molar-refractivity contribution in [2.75, 3.05) is 5.32 Å². The van der Waals surface area contributed by atoms with Crippen molar-refractivity contribution in [1.82, 2.24) is 9.97 Å². The third-order valence-electron chi connectivity index (χ3n) is 3.65. The van der Waals surface area contributed by atoms with Gasteiger partial charge in [0.2, 0.25) is 0 Å². The second kappa shape index (κ2) is 4.90. The molecule has 4 heteroatoms. The number of nitrogens with zero attached hydrogens (tertiary/aromatic N) is 1. The minimum absolute atomic E-state index is 0.807. The van der Waals surface area contributed by atoms with Crippen LogP contribution in [-0.4, -0.2) is 9.97 Å². The molecule has 4 rings (SSSR count). The molecule has 0 aliphatic rings. The van der Waals surface area contributed by atoms with Crippen LogP contribution in [0.3, 0.4) is 0 Å². The number of aryl methyl sites for hydroxylation is 1. The van der Waals surface area contributed by atoms with Gasteiger partial charge in [-0.25, -0.2) is 4.98 Å². The Hall–Kier alpha value is -2.33. The lowest BCUT2D eigenvalue weighted by Gasteiger charge is -2.07.